The van der Waals surface area contributed by atoms with E-state index in [1.807, 2.05) is 0 Å². The smallest absolute Gasteiger partial charge is 0.00267 e. The number of benzene rings is 1. The largest absolute Gasteiger partial charge is 0.316 e. The molecule has 0 aliphatic carbocycles. The molecule has 1 N–H and O–H groups in total. The van der Waals surface area contributed by atoms with E-state index in [1.165, 1.54) is 5.56 Å². The molecule has 1 aliphatic rings. The Labute approximate surface area is 92.3 Å². The van der Waals surface area contributed by atoms with Crippen LogP contribution in [0.15, 0.2) is 30.3 Å². The van der Waals surface area contributed by atoms with Gasteiger partial charge in [0.15, 0.2) is 0 Å². The van der Waals surface area contributed by atoms with Gasteiger partial charge in [0, 0.05) is 19.0 Å². The van der Waals surface area contributed by atoms with Crippen LogP contribution < -0.4 is 5.32 Å². The van der Waals surface area contributed by atoms with Crippen molar-refractivity contribution in [1.29, 1.82) is 0 Å². The third kappa shape index (κ3) is 2.10. The summed E-state index contributed by atoms with van der Waals surface area (Å²) in [4.78, 5) is 0. The summed E-state index contributed by atoms with van der Waals surface area (Å²) in [5, 5.41) is 3.46. The molecule has 0 amide bonds. The van der Waals surface area contributed by atoms with Crippen LogP contribution in [0.4, 0.5) is 0 Å². The van der Waals surface area contributed by atoms with Crippen LogP contribution in [0.25, 0.3) is 0 Å². The van der Waals surface area contributed by atoms with E-state index in [1.54, 1.807) is 0 Å². The molecule has 1 aromatic carbocycles. The first-order chi connectivity index (χ1) is 6.20. The van der Waals surface area contributed by atoms with Crippen molar-refractivity contribution >= 4 is 12.4 Å². The van der Waals surface area contributed by atoms with Gasteiger partial charge in [0.25, 0.3) is 0 Å². The fraction of sp³-hybridized carbons (Fsp3) is 0.500. The van der Waals surface area contributed by atoms with Crippen molar-refractivity contribution in [2.24, 2.45) is 5.41 Å². The molecule has 0 radical (unpaired) electrons. The number of hydrogen-bond acceptors (Lipinski definition) is 1. The van der Waals surface area contributed by atoms with Gasteiger partial charge in [-0.2, -0.15) is 0 Å². The highest BCUT2D eigenvalue weighted by Gasteiger charge is 2.34. The summed E-state index contributed by atoms with van der Waals surface area (Å²) in [7, 11) is 0. The van der Waals surface area contributed by atoms with Crippen LogP contribution in [-0.2, 0) is 0 Å². The third-order valence-corrected chi connectivity index (χ3v) is 3.07. The monoisotopic (exact) mass is 211 g/mol. The van der Waals surface area contributed by atoms with Crippen molar-refractivity contribution in [3.05, 3.63) is 35.9 Å². The number of hydrogen-bond donors (Lipinski definition) is 1. The molecule has 0 unspecified atom stereocenters. The van der Waals surface area contributed by atoms with Gasteiger partial charge < -0.3 is 5.32 Å². The average Bonchev–Trinajstić information content (AvgIpc) is 2.47. The molecule has 0 bridgehead atoms. The molecular formula is C12H18ClN. The molecule has 1 aliphatic heterocycles. The maximum atomic E-state index is 3.46. The van der Waals surface area contributed by atoms with Crippen molar-refractivity contribution < 1.29 is 0 Å². The second-order valence-corrected chi connectivity index (χ2v) is 4.58. The fourth-order valence-corrected chi connectivity index (χ4v) is 2.19. The number of nitrogens with one attached hydrogen (secondary N) is 1. The van der Waals surface area contributed by atoms with Gasteiger partial charge in [0.2, 0.25) is 0 Å². The molecule has 1 saturated heterocycles. The molecule has 1 fully saturated rings. The Hall–Kier alpha value is -0.530. The summed E-state index contributed by atoms with van der Waals surface area (Å²) < 4.78 is 0. The summed E-state index contributed by atoms with van der Waals surface area (Å²) >= 11 is 0. The zero-order chi connectivity index (χ0) is 9.31. The Morgan fingerprint density at radius 2 is 1.86 bits per heavy atom. The van der Waals surface area contributed by atoms with E-state index in [0.717, 1.165) is 13.1 Å². The molecular weight excluding hydrogens is 194 g/mol. The van der Waals surface area contributed by atoms with Gasteiger partial charge in [0.05, 0.1) is 0 Å². The standard InChI is InChI=1S/C12H17N.ClH/c1-12(2)9-13-8-11(12)10-6-4-3-5-7-10;/h3-7,11,13H,8-9H2,1-2H3;1H/t11-;/m0./s1. The molecule has 0 aromatic heterocycles. The predicted octanol–water partition coefficient (Wildman–Crippen LogP) is 2.82. The van der Waals surface area contributed by atoms with E-state index in [2.05, 4.69) is 49.5 Å². The zero-order valence-electron chi connectivity index (χ0n) is 8.79. The first kappa shape index (κ1) is 11.5. The molecule has 1 heterocycles. The van der Waals surface area contributed by atoms with Crippen molar-refractivity contribution in [3.8, 4) is 0 Å². The first-order valence-corrected chi connectivity index (χ1v) is 4.96. The van der Waals surface area contributed by atoms with Crippen LogP contribution in [-0.4, -0.2) is 13.1 Å². The third-order valence-electron chi connectivity index (χ3n) is 3.07. The van der Waals surface area contributed by atoms with Crippen LogP contribution >= 0.6 is 12.4 Å². The van der Waals surface area contributed by atoms with E-state index < -0.39 is 0 Å². The molecule has 0 saturated carbocycles. The first-order valence-electron chi connectivity index (χ1n) is 4.96. The lowest BCUT2D eigenvalue weighted by molar-refractivity contribution is 0.363. The second-order valence-electron chi connectivity index (χ2n) is 4.58. The van der Waals surface area contributed by atoms with E-state index in [0.29, 0.717) is 11.3 Å². The zero-order valence-corrected chi connectivity index (χ0v) is 9.60. The molecule has 1 aromatic rings. The number of rotatable bonds is 1. The Morgan fingerprint density at radius 1 is 1.21 bits per heavy atom. The number of halogens is 1. The van der Waals surface area contributed by atoms with Gasteiger partial charge in [0.1, 0.15) is 0 Å². The summed E-state index contributed by atoms with van der Waals surface area (Å²) in [6.07, 6.45) is 0. The molecule has 78 valence electrons. The Kier molecular flexibility index (Phi) is 3.57. The average molecular weight is 212 g/mol. The minimum absolute atomic E-state index is 0. The molecule has 2 heteroatoms. The van der Waals surface area contributed by atoms with Crippen LogP contribution in [0, 0.1) is 5.41 Å². The van der Waals surface area contributed by atoms with E-state index in [9.17, 15) is 0 Å². The Bertz CT molecular complexity index is 282. The Balaban J connectivity index is 0.000000980. The van der Waals surface area contributed by atoms with Crippen molar-refractivity contribution in [3.63, 3.8) is 0 Å². The van der Waals surface area contributed by atoms with Gasteiger partial charge in [-0.3, -0.25) is 0 Å². The summed E-state index contributed by atoms with van der Waals surface area (Å²) in [5.74, 6) is 0.675. The summed E-state index contributed by atoms with van der Waals surface area (Å²) in [6.45, 7) is 6.93. The van der Waals surface area contributed by atoms with Crippen molar-refractivity contribution in [2.75, 3.05) is 13.1 Å². The van der Waals surface area contributed by atoms with Crippen molar-refractivity contribution in [2.45, 2.75) is 19.8 Å². The molecule has 2 rings (SSSR count). The minimum atomic E-state index is 0. The lowest BCUT2D eigenvalue weighted by Gasteiger charge is -2.25. The Morgan fingerprint density at radius 3 is 2.36 bits per heavy atom. The highest BCUT2D eigenvalue weighted by atomic mass is 35.5. The topological polar surface area (TPSA) is 12.0 Å². The predicted molar refractivity (Wildman–Crippen MR) is 63.1 cm³/mol. The van der Waals surface area contributed by atoms with Gasteiger partial charge in [-0.1, -0.05) is 44.2 Å². The highest BCUT2D eigenvalue weighted by Crippen LogP contribution is 2.37. The van der Waals surface area contributed by atoms with E-state index in [4.69, 9.17) is 0 Å². The summed E-state index contributed by atoms with van der Waals surface area (Å²) in [5.41, 5.74) is 1.87. The van der Waals surface area contributed by atoms with Gasteiger partial charge in [-0.05, 0) is 11.0 Å². The van der Waals surface area contributed by atoms with Gasteiger partial charge >= 0.3 is 0 Å². The quantitative estimate of drug-likeness (QED) is 0.754. The SMILES string of the molecule is CC1(C)CNC[C@H]1c1ccccc1.Cl. The second kappa shape index (κ2) is 4.33. The van der Waals surface area contributed by atoms with E-state index in [-0.39, 0.29) is 12.4 Å². The van der Waals surface area contributed by atoms with Crippen LogP contribution in [0.2, 0.25) is 0 Å². The van der Waals surface area contributed by atoms with E-state index >= 15 is 0 Å². The summed E-state index contributed by atoms with van der Waals surface area (Å²) in [6, 6.07) is 10.8. The minimum Gasteiger partial charge on any atom is -0.316 e. The normalized spacial score (nSPS) is 24.3. The van der Waals surface area contributed by atoms with Crippen LogP contribution in [0.3, 0.4) is 0 Å². The maximum absolute atomic E-state index is 3.46. The molecule has 0 spiro atoms. The van der Waals surface area contributed by atoms with Crippen molar-refractivity contribution in [1.82, 2.24) is 5.32 Å². The fourth-order valence-electron chi connectivity index (χ4n) is 2.19. The molecule has 1 atom stereocenters. The highest BCUT2D eigenvalue weighted by molar-refractivity contribution is 5.85. The lowest BCUT2D eigenvalue weighted by Crippen LogP contribution is -2.20. The lowest BCUT2D eigenvalue weighted by atomic mass is 9.78. The molecule has 1 nitrogen and oxygen atoms in total. The van der Waals surface area contributed by atoms with Gasteiger partial charge in [-0.25, -0.2) is 0 Å². The maximum Gasteiger partial charge on any atom is 0.00267 e. The van der Waals surface area contributed by atoms with Gasteiger partial charge in [-0.15, -0.1) is 12.4 Å². The van der Waals surface area contributed by atoms with Crippen LogP contribution in [0.1, 0.15) is 25.3 Å². The van der Waals surface area contributed by atoms with Crippen LogP contribution in [0.5, 0.6) is 0 Å². The molecule has 14 heavy (non-hydrogen) atoms.